The quantitative estimate of drug-likeness (QED) is 0.914. The average Bonchev–Trinajstić information content (AvgIpc) is 2.29. The smallest absolute Gasteiger partial charge is 0.123 e. The van der Waals surface area contributed by atoms with Gasteiger partial charge in [-0.1, -0.05) is 12.1 Å². The van der Waals surface area contributed by atoms with Crippen molar-refractivity contribution < 1.29 is 4.39 Å². The van der Waals surface area contributed by atoms with Gasteiger partial charge in [-0.15, -0.1) is 0 Å². The van der Waals surface area contributed by atoms with E-state index in [9.17, 15) is 4.39 Å². The summed E-state index contributed by atoms with van der Waals surface area (Å²) < 4.78 is 13.6. The number of rotatable bonds is 3. The Bertz CT molecular complexity index is 409. The van der Waals surface area contributed by atoms with Crippen LogP contribution in [0.4, 0.5) is 4.39 Å². The third-order valence-corrected chi connectivity index (χ3v) is 4.65. The molecule has 100 valence electrons. The topological polar surface area (TPSA) is 29.3 Å². The first-order chi connectivity index (χ1) is 8.52. The molecule has 0 spiro atoms. The minimum atomic E-state index is -0.184. The molecule has 1 fully saturated rings. The van der Waals surface area contributed by atoms with Gasteiger partial charge in [0.2, 0.25) is 0 Å². The normalized spacial score (nSPS) is 21.8. The summed E-state index contributed by atoms with van der Waals surface area (Å²) in [4.78, 5) is 2.38. The molecule has 1 aliphatic heterocycles. The van der Waals surface area contributed by atoms with E-state index in [2.05, 4.69) is 18.7 Å². The Morgan fingerprint density at radius 3 is 2.89 bits per heavy atom. The molecular weight excluding hydrogens is 247 g/mol. The Kier molecular flexibility index (Phi) is 4.30. The molecule has 18 heavy (non-hydrogen) atoms. The van der Waals surface area contributed by atoms with Gasteiger partial charge in [0.05, 0.1) is 0 Å². The summed E-state index contributed by atoms with van der Waals surface area (Å²) in [6.07, 6.45) is 0. The molecule has 2 N–H and O–H groups in total. The van der Waals surface area contributed by atoms with Crippen molar-refractivity contribution in [3.63, 3.8) is 0 Å². The van der Waals surface area contributed by atoms with Crippen LogP contribution in [0, 0.1) is 5.82 Å². The van der Waals surface area contributed by atoms with Crippen LogP contribution < -0.4 is 5.73 Å². The molecule has 4 heteroatoms. The van der Waals surface area contributed by atoms with Crippen molar-refractivity contribution >= 4 is 11.8 Å². The van der Waals surface area contributed by atoms with E-state index in [0.717, 1.165) is 24.4 Å². The van der Waals surface area contributed by atoms with Crippen molar-refractivity contribution in [3.05, 3.63) is 35.6 Å². The summed E-state index contributed by atoms with van der Waals surface area (Å²) in [5.41, 5.74) is 6.89. The first-order valence-corrected chi connectivity index (χ1v) is 7.34. The molecule has 0 amide bonds. The molecule has 0 aromatic heterocycles. The molecule has 1 aromatic carbocycles. The number of thioether (sulfide) groups is 1. The lowest BCUT2D eigenvalue weighted by molar-refractivity contribution is 0.192. The summed E-state index contributed by atoms with van der Waals surface area (Å²) in [5.74, 6) is 0.926. The van der Waals surface area contributed by atoms with Crippen LogP contribution in [0.5, 0.6) is 0 Å². The monoisotopic (exact) mass is 268 g/mol. The van der Waals surface area contributed by atoms with Gasteiger partial charge >= 0.3 is 0 Å². The second-order valence-electron chi connectivity index (χ2n) is 5.39. The fraction of sp³-hybridized carbons (Fsp3) is 0.571. The summed E-state index contributed by atoms with van der Waals surface area (Å²) >= 11 is 1.99. The Labute approximate surface area is 113 Å². The van der Waals surface area contributed by atoms with Gasteiger partial charge in [-0.2, -0.15) is 11.8 Å². The molecule has 1 heterocycles. The van der Waals surface area contributed by atoms with Gasteiger partial charge in [-0.3, -0.25) is 4.90 Å². The van der Waals surface area contributed by atoms with Crippen LogP contribution in [0.25, 0.3) is 0 Å². The molecule has 2 nitrogen and oxygen atoms in total. The van der Waals surface area contributed by atoms with Gasteiger partial charge < -0.3 is 5.73 Å². The zero-order valence-corrected chi connectivity index (χ0v) is 11.8. The van der Waals surface area contributed by atoms with Crippen molar-refractivity contribution in [1.29, 1.82) is 0 Å². The van der Waals surface area contributed by atoms with Crippen molar-refractivity contribution in [2.45, 2.75) is 24.6 Å². The van der Waals surface area contributed by atoms with Crippen LogP contribution in [-0.4, -0.2) is 35.0 Å². The second-order valence-corrected chi connectivity index (χ2v) is 7.19. The fourth-order valence-electron chi connectivity index (χ4n) is 2.53. The molecule has 2 rings (SSSR count). The second kappa shape index (κ2) is 5.59. The van der Waals surface area contributed by atoms with Crippen LogP contribution in [0.2, 0.25) is 0 Å². The fourth-order valence-corrected chi connectivity index (χ4v) is 3.66. The third kappa shape index (κ3) is 3.25. The van der Waals surface area contributed by atoms with E-state index in [1.165, 1.54) is 6.07 Å². The highest BCUT2D eigenvalue weighted by Gasteiger charge is 2.31. The van der Waals surface area contributed by atoms with Crippen molar-refractivity contribution in [3.8, 4) is 0 Å². The van der Waals surface area contributed by atoms with Crippen molar-refractivity contribution in [2.24, 2.45) is 5.73 Å². The molecule has 0 aliphatic carbocycles. The van der Waals surface area contributed by atoms with Crippen molar-refractivity contribution in [2.75, 3.05) is 25.4 Å². The predicted molar refractivity (Wildman–Crippen MR) is 76.3 cm³/mol. The molecule has 0 saturated carbocycles. The van der Waals surface area contributed by atoms with Crippen LogP contribution in [0.3, 0.4) is 0 Å². The highest BCUT2D eigenvalue weighted by Crippen LogP contribution is 2.33. The maximum absolute atomic E-state index is 13.3. The standard InChI is InChI=1S/C14H21FN2S/c1-14(2)10-17(6-7-18-14)13(9-16)11-4-3-5-12(15)8-11/h3-5,8,13H,6-7,9-10,16H2,1-2H3. The first-order valence-electron chi connectivity index (χ1n) is 6.35. The highest BCUT2D eigenvalue weighted by atomic mass is 32.2. The van der Waals surface area contributed by atoms with Crippen LogP contribution in [0.15, 0.2) is 24.3 Å². The van der Waals surface area contributed by atoms with E-state index in [1.807, 2.05) is 17.8 Å². The minimum absolute atomic E-state index is 0.126. The minimum Gasteiger partial charge on any atom is -0.329 e. The predicted octanol–water partition coefficient (Wildman–Crippen LogP) is 2.65. The summed E-state index contributed by atoms with van der Waals surface area (Å²) in [6.45, 7) is 7.05. The molecule has 0 bridgehead atoms. The van der Waals surface area contributed by atoms with Gasteiger partial charge in [0.25, 0.3) is 0 Å². The van der Waals surface area contributed by atoms with E-state index >= 15 is 0 Å². The van der Waals surface area contributed by atoms with E-state index < -0.39 is 0 Å². The molecule has 1 aromatic rings. The first kappa shape index (κ1) is 13.8. The molecule has 0 radical (unpaired) electrons. The van der Waals surface area contributed by atoms with E-state index in [1.54, 1.807) is 12.1 Å². The van der Waals surface area contributed by atoms with Gasteiger partial charge in [0.1, 0.15) is 5.82 Å². The Morgan fingerprint density at radius 2 is 2.28 bits per heavy atom. The summed E-state index contributed by atoms with van der Waals surface area (Å²) in [7, 11) is 0. The Hall–Kier alpha value is -0.580. The number of halogens is 1. The van der Waals surface area contributed by atoms with Gasteiger partial charge in [0, 0.05) is 36.2 Å². The molecule has 1 unspecified atom stereocenters. The molecular formula is C14H21FN2S. The molecule has 1 saturated heterocycles. The summed E-state index contributed by atoms with van der Waals surface area (Å²) in [5, 5.41) is 0. The van der Waals surface area contributed by atoms with E-state index in [0.29, 0.717) is 6.54 Å². The number of nitrogens with zero attached hydrogens (tertiary/aromatic N) is 1. The zero-order chi connectivity index (χ0) is 13.2. The van der Waals surface area contributed by atoms with Crippen LogP contribution in [-0.2, 0) is 0 Å². The maximum atomic E-state index is 13.3. The maximum Gasteiger partial charge on any atom is 0.123 e. The lowest BCUT2D eigenvalue weighted by Gasteiger charge is -2.41. The number of hydrogen-bond acceptors (Lipinski definition) is 3. The van der Waals surface area contributed by atoms with E-state index in [4.69, 9.17) is 5.73 Å². The number of nitrogens with two attached hydrogens (primary N) is 1. The Morgan fingerprint density at radius 1 is 1.50 bits per heavy atom. The van der Waals surface area contributed by atoms with Crippen LogP contribution in [0.1, 0.15) is 25.5 Å². The largest absolute Gasteiger partial charge is 0.329 e. The summed E-state index contributed by atoms with van der Waals surface area (Å²) in [6, 6.07) is 6.94. The number of hydrogen-bond donors (Lipinski definition) is 1. The van der Waals surface area contributed by atoms with E-state index in [-0.39, 0.29) is 16.6 Å². The highest BCUT2D eigenvalue weighted by molar-refractivity contribution is 8.00. The SMILES string of the molecule is CC1(C)CN(C(CN)c2cccc(F)c2)CCS1. The van der Waals surface area contributed by atoms with Gasteiger partial charge in [-0.05, 0) is 31.5 Å². The lowest BCUT2D eigenvalue weighted by atomic mass is 10.0. The lowest BCUT2D eigenvalue weighted by Crippen LogP contribution is -2.46. The van der Waals surface area contributed by atoms with Crippen molar-refractivity contribution in [1.82, 2.24) is 4.90 Å². The number of benzene rings is 1. The molecule has 1 aliphatic rings. The Balaban J connectivity index is 2.18. The average molecular weight is 268 g/mol. The third-order valence-electron chi connectivity index (χ3n) is 3.35. The zero-order valence-electron chi connectivity index (χ0n) is 11.0. The molecule has 1 atom stereocenters. The van der Waals surface area contributed by atoms with Crippen LogP contribution >= 0.6 is 11.8 Å². The van der Waals surface area contributed by atoms with Gasteiger partial charge in [-0.25, -0.2) is 4.39 Å². The van der Waals surface area contributed by atoms with Gasteiger partial charge in [0.15, 0.2) is 0 Å².